The number of aliphatic hydroxyl groups excluding tert-OH is 1. The van der Waals surface area contributed by atoms with Gasteiger partial charge < -0.3 is 15.4 Å². The van der Waals surface area contributed by atoms with Crippen LogP contribution in [0.5, 0.6) is 0 Å². The number of alkyl halides is 2. The molecule has 1 aliphatic rings. The molecule has 2 rings (SSSR count). The van der Waals surface area contributed by atoms with Crippen molar-refractivity contribution in [3.8, 4) is 0 Å². The van der Waals surface area contributed by atoms with Gasteiger partial charge in [-0.05, 0) is 12.8 Å². The quantitative estimate of drug-likeness (QED) is 0.842. The average molecular weight is 247 g/mol. The van der Waals surface area contributed by atoms with E-state index >= 15 is 0 Å². The lowest BCUT2D eigenvalue weighted by atomic mass is 9.87. The van der Waals surface area contributed by atoms with Crippen LogP contribution in [0.2, 0.25) is 0 Å². The van der Waals surface area contributed by atoms with E-state index in [-0.39, 0.29) is 31.2 Å². The van der Waals surface area contributed by atoms with Crippen molar-refractivity contribution in [1.29, 1.82) is 0 Å². The van der Waals surface area contributed by atoms with Gasteiger partial charge in [0.15, 0.2) is 5.82 Å². The summed E-state index contributed by atoms with van der Waals surface area (Å²) in [5.74, 6) is -2.12. The maximum absolute atomic E-state index is 13.0. The molecule has 1 atom stereocenters. The maximum Gasteiger partial charge on any atom is 0.248 e. The van der Waals surface area contributed by atoms with Crippen molar-refractivity contribution in [2.45, 2.75) is 43.6 Å². The van der Waals surface area contributed by atoms with Gasteiger partial charge in [-0.3, -0.25) is 0 Å². The molecule has 0 aromatic carbocycles. The summed E-state index contributed by atoms with van der Waals surface area (Å²) in [5.41, 5.74) is 5.53. The first-order valence-corrected chi connectivity index (χ1v) is 5.59. The molecule has 17 heavy (non-hydrogen) atoms. The topological polar surface area (TPSA) is 85.2 Å². The van der Waals surface area contributed by atoms with Crippen LogP contribution in [-0.4, -0.2) is 27.8 Å². The van der Waals surface area contributed by atoms with Gasteiger partial charge in [0.05, 0.1) is 12.6 Å². The standard InChI is InChI=1S/C10H15F2N3O2/c11-10(12)3-1-6(2-4-10)9-14-8(15-17-9)7(13)5-16/h6-7,16H,1-5,13H2. The van der Waals surface area contributed by atoms with Crippen LogP contribution in [0.3, 0.4) is 0 Å². The van der Waals surface area contributed by atoms with Crippen molar-refractivity contribution in [1.82, 2.24) is 10.1 Å². The fourth-order valence-electron chi connectivity index (χ4n) is 1.93. The first-order valence-electron chi connectivity index (χ1n) is 5.59. The molecule has 1 unspecified atom stereocenters. The monoisotopic (exact) mass is 247 g/mol. The number of hydrogen-bond acceptors (Lipinski definition) is 5. The van der Waals surface area contributed by atoms with Crippen LogP contribution in [0.25, 0.3) is 0 Å². The summed E-state index contributed by atoms with van der Waals surface area (Å²) >= 11 is 0. The third-order valence-corrected chi connectivity index (χ3v) is 3.05. The molecular weight excluding hydrogens is 232 g/mol. The predicted molar refractivity (Wildman–Crippen MR) is 54.5 cm³/mol. The van der Waals surface area contributed by atoms with E-state index in [4.69, 9.17) is 15.4 Å². The van der Waals surface area contributed by atoms with Crippen molar-refractivity contribution in [2.24, 2.45) is 5.73 Å². The zero-order chi connectivity index (χ0) is 12.5. The van der Waals surface area contributed by atoms with Crippen LogP contribution in [0.1, 0.15) is 49.4 Å². The third-order valence-electron chi connectivity index (χ3n) is 3.05. The summed E-state index contributed by atoms with van der Waals surface area (Å²) in [6, 6.07) is -0.683. The van der Waals surface area contributed by atoms with E-state index in [2.05, 4.69) is 10.1 Å². The third kappa shape index (κ3) is 2.78. The van der Waals surface area contributed by atoms with Gasteiger partial charge >= 0.3 is 0 Å². The second kappa shape index (κ2) is 4.66. The van der Waals surface area contributed by atoms with E-state index in [1.807, 2.05) is 0 Å². The van der Waals surface area contributed by atoms with E-state index in [0.29, 0.717) is 18.7 Å². The largest absolute Gasteiger partial charge is 0.394 e. The maximum atomic E-state index is 13.0. The van der Waals surface area contributed by atoms with Crippen LogP contribution in [0.4, 0.5) is 8.78 Å². The summed E-state index contributed by atoms with van der Waals surface area (Å²) in [6.45, 7) is -0.276. The van der Waals surface area contributed by atoms with E-state index in [9.17, 15) is 8.78 Å². The number of aliphatic hydroxyl groups is 1. The van der Waals surface area contributed by atoms with E-state index in [1.165, 1.54) is 0 Å². The minimum absolute atomic E-state index is 0.123. The Morgan fingerprint density at radius 3 is 2.71 bits per heavy atom. The highest BCUT2D eigenvalue weighted by Crippen LogP contribution is 2.40. The van der Waals surface area contributed by atoms with Gasteiger partial charge in [-0.1, -0.05) is 5.16 Å². The van der Waals surface area contributed by atoms with Crippen LogP contribution in [0, 0.1) is 0 Å². The Kier molecular flexibility index (Phi) is 3.39. The van der Waals surface area contributed by atoms with Crippen LogP contribution in [0.15, 0.2) is 4.52 Å². The molecule has 0 amide bonds. The van der Waals surface area contributed by atoms with Gasteiger partial charge in [0, 0.05) is 18.8 Å². The molecule has 3 N–H and O–H groups in total. The first-order chi connectivity index (χ1) is 8.02. The minimum atomic E-state index is -2.57. The van der Waals surface area contributed by atoms with Gasteiger partial charge in [0.2, 0.25) is 11.8 Å². The predicted octanol–water partition coefficient (Wildman–Crippen LogP) is 1.35. The zero-order valence-corrected chi connectivity index (χ0v) is 9.27. The zero-order valence-electron chi connectivity index (χ0n) is 9.27. The SMILES string of the molecule is NC(CO)c1noc(C2CCC(F)(F)CC2)n1. The van der Waals surface area contributed by atoms with E-state index in [1.54, 1.807) is 0 Å². The van der Waals surface area contributed by atoms with Crippen molar-refractivity contribution in [3.05, 3.63) is 11.7 Å². The average Bonchev–Trinajstić information content (AvgIpc) is 2.77. The number of halogens is 2. The number of hydrogen-bond donors (Lipinski definition) is 2. The Morgan fingerprint density at radius 2 is 2.12 bits per heavy atom. The lowest BCUT2D eigenvalue weighted by molar-refractivity contribution is -0.0402. The Balaban J connectivity index is 2.01. The van der Waals surface area contributed by atoms with Crippen molar-refractivity contribution < 1.29 is 18.4 Å². The fraction of sp³-hybridized carbons (Fsp3) is 0.800. The highest BCUT2D eigenvalue weighted by Gasteiger charge is 2.37. The lowest BCUT2D eigenvalue weighted by Gasteiger charge is -2.25. The highest BCUT2D eigenvalue weighted by atomic mass is 19.3. The van der Waals surface area contributed by atoms with Crippen LogP contribution < -0.4 is 5.73 Å². The van der Waals surface area contributed by atoms with Gasteiger partial charge in [0.25, 0.3) is 0 Å². The molecule has 0 bridgehead atoms. The summed E-state index contributed by atoms with van der Waals surface area (Å²) < 4.78 is 30.9. The molecule has 1 aliphatic carbocycles. The van der Waals surface area contributed by atoms with Crippen LogP contribution >= 0.6 is 0 Å². The summed E-state index contributed by atoms with van der Waals surface area (Å²) in [7, 11) is 0. The summed E-state index contributed by atoms with van der Waals surface area (Å²) in [5, 5.41) is 12.5. The van der Waals surface area contributed by atoms with E-state index in [0.717, 1.165) is 0 Å². The first kappa shape index (κ1) is 12.4. The fourth-order valence-corrected chi connectivity index (χ4v) is 1.93. The highest BCUT2D eigenvalue weighted by molar-refractivity contribution is 5.00. The molecule has 7 heteroatoms. The second-order valence-corrected chi connectivity index (χ2v) is 4.41. The lowest BCUT2D eigenvalue weighted by Crippen LogP contribution is -2.23. The summed E-state index contributed by atoms with van der Waals surface area (Å²) in [6.07, 6.45) is 0.370. The molecule has 1 aromatic rings. The Hall–Kier alpha value is -1.08. The Labute approximate surface area is 97.0 Å². The van der Waals surface area contributed by atoms with Gasteiger partial charge in [0.1, 0.15) is 0 Å². The molecular formula is C10H15F2N3O2. The van der Waals surface area contributed by atoms with Crippen molar-refractivity contribution in [2.75, 3.05) is 6.61 Å². The number of aromatic nitrogens is 2. The number of nitrogens with two attached hydrogens (primary N) is 1. The molecule has 5 nitrogen and oxygen atoms in total. The molecule has 1 heterocycles. The smallest absolute Gasteiger partial charge is 0.248 e. The van der Waals surface area contributed by atoms with Crippen LogP contribution in [-0.2, 0) is 0 Å². The summed E-state index contributed by atoms with van der Waals surface area (Å²) in [4.78, 5) is 4.04. The molecule has 0 saturated heterocycles. The molecule has 1 fully saturated rings. The normalized spacial score (nSPS) is 22.6. The molecule has 96 valence electrons. The molecule has 1 aromatic heterocycles. The van der Waals surface area contributed by atoms with Crippen molar-refractivity contribution >= 4 is 0 Å². The molecule has 0 aliphatic heterocycles. The van der Waals surface area contributed by atoms with Crippen molar-refractivity contribution in [3.63, 3.8) is 0 Å². The number of nitrogens with zero attached hydrogens (tertiary/aromatic N) is 2. The van der Waals surface area contributed by atoms with Gasteiger partial charge in [-0.15, -0.1) is 0 Å². The Bertz CT molecular complexity index is 373. The second-order valence-electron chi connectivity index (χ2n) is 4.41. The number of rotatable bonds is 3. The molecule has 1 saturated carbocycles. The molecule has 0 spiro atoms. The molecule has 0 radical (unpaired) electrons. The van der Waals surface area contributed by atoms with Gasteiger partial charge in [-0.2, -0.15) is 4.98 Å². The van der Waals surface area contributed by atoms with Gasteiger partial charge in [-0.25, -0.2) is 8.78 Å². The minimum Gasteiger partial charge on any atom is -0.394 e. The Morgan fingerprint density at radius 1 is 1.47 bits per heavy atom. The van der Waals surface area contributed by atoms with E-state index < -0.39 is 12.0 Å².